The van der Waals surface area contributed by atoms with Gasteiger partial charge in [-0.1, -0.05) is 0 Å². The van der Waals surface area contributed by atoms with Gasteiger partial charge in [0, 0.05) is 11.1 Å². The molecule has 0 saturated heterocycles. The molecule has 2 amide bonds. The van der Waals surface area contributed by atoms with E-state index in [-0.39, 0.29) is 0 Å². The molecule has 0 radical (unpaired) electrons. The molecule has 16 heavy (non-hydrogen) atoms. The summed E-state index contributed by atoms with van der Waals surface area (Å²) in [4.78, 5) is 25.4. The number of carbonyl (C=O) groups is 2. The van der Waals surface area contributed by atoms with E-state index in [1.807, 2.05) is 4.83 Å². The normalized spacial score (nSPS) is 21.7. The SMILES string of the molecule is CS(=O)(=O)NN1C(=O)C2=C(CCCC2)C1=O. The standard InChI is InChI=1S/C9H12N2O4S/c1-16(14,15)10-11-8(12)6-4-2-3-5-7(6)9(11)13/h10H,2-5H2,1H3. The van der Waals surface area contributed by atoms with Crippen LogP contribution in [0.5, 0.6) is 0 Å². The zero-order valence-corrected chi connectivity index (χ0v) is 9.63. The van der Waals surface area contributed by atoms with Gasteiger partial charge >= 0.3 is 0 Å². The Kier molecular flexibility index (Phi) is 2.59. The first kappa shape index (κ1) is 11.3. The Balaban J connectivity index is 2.29. The van der Waals surface area contributed by atoms with Crippen molar-refractivity contribution in [3.05, 3.63) is 11.1 Å². The second-order valence-corrected chi connectivity index (χ2v) is 5.70. The van der Waals surface area contributed by atoms with Crippen LogP contribution < -0.4 is 4.83 Å². The van der Waals surface area contributed by atoms with Crippen LogP contribution in [-0.4, -0.2) is 31.5 Å². The van der Waals surface area contributed by atoms with E-state index in [2.05, 4.69) is 0 Å². The molecule has 1 heterocycles. The minimum absolute atomic E-state index is 0.465. The van der Waals surface area contributed by atoms with Crippen LogP contribution in [0, 0.1) is 0 Å². The Morgan fingerprint density at radius 1 is 1.06 bits per heavy atom. The quantitative estimate of drug-likeness (QED) is 0.675. The van der Waals surface area contributed by atoms with Gasteiger partial charge in [-0.05, 0) is 25.7 Å². The highest BCUT2D eigenvalue weighted by Gasteiger charge is 2.40. The Bertz CT molecular complexity index is 464. The number of hydrogen-bond acceptors (Lipinski definition) is 4. The van der Waals surface area contributed by atoms with E-state index >= 15 is 0 Å². The van der Waals surface area contributed by atoms with Crippen molar-refractivity contribution >= 4 is 21.8 Å². The van der Waals surface area contributed by atoms with E-state index < -0.39 is 21.8 Å². The maximum Gasteiger partial charge on any atom is 0.272 e. The summed E-state index contributed by atoms with van der Waals surface area (Å²) in [5.41, 5.74) is 0.930. The van der Waals surface area contributed by atoms with Crippen molar-refractivity contribution in [3.63, 3.8) is 0 Å². The first-order valence-electron chi connectivity index (χ1n) is 4.98. The van der Waals surface area contributed by atoms with Gasteiger partial charge in [-0.15, -0.1) is 4.83 Å². The minimum atomic E-state index is -3.61. The van der Waals surface area contributed by atoms with Crippen LogP contribution in [0.25, 0.3) is 0 Å². The highest BCUT2D eigenvalue weighted by Crippen LogP contribution is 2.32. The predicted molar refractivity (Wildman–Crippen MR) is 55.3 cm³/mol. The van der Waals surface area contributed by atoms with Crippen LogP contribution in [0.4, 0.5) is 0 Å². The summed E-state index contributed by atoms with van der Waals surface area (Å²) in [6.07, 6.45) is 3.75. The van der Waals surface area contributed by atoms with Crippen LogP contribution in [0.1, 0.15) is 25.7 Å². The third-order valence-electron chi connectivity index (χ3n) is 2.65. The number of sulfonamides is 1. The second kappa shape index (κ2) is 3.67. The maximum absolute atomic E-state index is 11.7. The van der Waals surface area contributed by atoms with Crippen LogP contribution in [0.2, 0.25) is 0 Å². The molecule has 2 rings (SSSR count). The summed E-state index contributed by atoms with van der Waals surface area (Å²) in [6, 6.07) is 0. The van der Waals surface area contributed by atoms with E-state index in [0.29, 0.717) is 29.0 Å². The van der Waals surface area contributed by atoms with Gasteiger partial charge in [0.1, 0.15) is 0 Å². The number of amides is 2. The Labute approximate surface area is 93.3 Å². The van der Waals surface area contributed by atoms with Gasteiger partial charge in [0.2, 0.25) is 10.0 Å². The number of hydrazine groups is 1. The van der Waals surface area contributed by atoms with Gasteiger partial charge in [0.25, 0.3) is 11.8 Å². The number of carbonyl (C=O) groups excluding carboxylic acids is 2. The van der Waals surface area contributed by atoms with Crippen molar-refractivity contribution in [3.8, 4) is 0 Å². The topological polar surface area (TPSA) is 83.6 Å². The van der Waals surface area contributed by atoms with E-state index in [4.69, 9.17) is 0 Å². The molecule has 0 saturated carbocycles. The zero-order valence-electron chi connectivity index (χ0n) is 8.82. The number of nitrogens with zero attached hydrogens (tertiary/aromatic N) is 1. The van der Waals surface area contributed by atoms with Crippen LogP contribution in [0.15, 0.2) is 11.1 Å². The van der Waals surface area contributed by atoms with Crippen molar-refractivity contribution in [2.45, 2.75) is 25.7 Å². The lowest BCUT2D eigenvalue weighted by Crippen LogP contribution is -2.46. The molecule has 7 heteroatoms. The van der Waals surface area contributed by atoms with E-state index in [9.17, 15) is 18.0 Å². The Morgan fingerprint density at radius 3 is 1.88 bits per heavy atom. The molecule has 0 fully saturated rings. The summed E-state index contributed by atoms with van der Waals surface area (Å²) >= 11 is 0. The summed E-state index contributed by atoms with van der Waals surface area (Å²) in [6.45, 7) is 0. The first-order chi connectivity index (χ1) is 7.40. The fraction of sp³-hybridized carbons (Fsp3) is 0.556. The molecular weight excluding hydrogens is 232 g/mol. The van der Waals surface area contributed by atoms with Gasteiger partial charge in [-0.3, -0.25) is 9.59 Å². The molecule has 1 aliphatic heterocycles. The van der Waals surface area contributed by atoms with Crippen molar-refractivity contribution in [1.82, 2.24) is 9.84 Å². The summed E-state index contributed by atoms with van der Waals surface area (Å²) in [7, 11) is -3.61. The molecule has 0 aromatic heterocycles. The number of nitrogens with one attached hydrogen (secondary N) is 1. The average Bonchev–Trinajstić information content (AvgIpc) is 2.43. The van der Waals surface area contributed by atoms with Gasteiger partial charge in [0.15, 0.2) is 0 Å². The molecule has 88 valence electrons. The number of rotatable bonds is 2. The van der Waals surface area contributed by atoms with Crippen molar-refractivity contribution < 1.29 is 18.0 Å². The molecule has 0 atom stereocenters. The smallest absolute Gasteiger partial charge is 0.267 e. The molecule has 2 aliphatic rings. The highest BCUT2D eigenvalue weighted by molar-refractivity contribution is 7.88. The van der Waals surface area contributed by atoms with Gasteiger partial charge in [-0.2, -0.15) is 5.01 Å². The van der Waals surface area contributed by atoms with E-state index in [1.165, 1.54) is 0 Å². The zero-order chi connectivity index (χ0) is 11.9. The van der Waals surface area contributed by atoms with E-state index in [1.54, 1.807) is 0 Å². The van der Waals surface area contributed by atoms with Gasteiger partial charge < -0.3 is 0 Å². The molecule has 0 aromatic rings. The van der Waals surface area contributed by atoms with Crippen LogP contribution >= 0.6 is 0 Å². The number of hydrogen-bond donors (Lipinski definition) is 1. The number of imide groups is 1. The third-order valence-corrected chi connectivity index (χ3v) is 3.16. The van der Waals surface area contributed by atoms with Crippen molar-refractivity contribution in [1.29, 1.82) is 0 Å². The highest BCUT2D eigenvalue weighted by atomic mass is 32.2. The molecule has 1 N–H and O–H groups in total. The van der Waals surface area contributed by atoms with Crippen LogP contribution in [-0.2, 0) is 19.6 Å². The lowest BCUT2D eigenvalue weighted by Gasteiger charge is -2.13. The monoisotopic (exact) mass is 244 g/mol. The third kappa shape index (κ3) is 1.88. The molecule has 6 nitrogen and oxygen atoms in total. The summed E-state index contributed by atoms with van der Waals surface area (Å²) in [5, 5.41) is 0.602. The molecule has 0 unspecified atom stereocenters. The fourth-order valence-corrected chi connectivity index (χ4v) is 2.49. The summed E-state index contributed by atoms with van der Waals surface area (Å²) < 4.78 is 22.0. The van der Waals surface area contributed by atoms with Gasteiger partial charge in [0.05, 0.1) is 6.26 Å². The summed E-state index contributed by atoms with van der Waals surface area (Å²) in [5.74, 6) is -1.05. The second-order valence-electron chi connectivity index (χ2n) is 3.97. The lowest BCUT2D eigenvalue weighted by atomic mass is 9.93. The Hall–Kier alpha value is -1.21. The van der Waals surface area contributed by atoms with Crippen molar-refractivity contribution in [2.75, 3.05) is 6.26 Å². The molecule has 0 spiro atoms. The minimum Gasteiger partial charge on any atom is -0.267 e. The molecule has 0 aromatic carbocycles. The largest absolute Gasteiger partial charge is 0.272 e. The molecule has 0 bridgehead atoms. The predicted octanol–water partition coefficient (Wildman–Crippen LogP) is -0.310. The van der Waals surface area contributed by atoms with Gasteiger partial charge in [-0.25, -0.2) is 8.42 Å². The molecular formula is C9H12N2O4S. The average molecular weight is 244 g/mol. The van der Waals surface area contributed by atoms with Crippen LogP contribution in [0.3, 0.4) is 0 Å². The molecule has 1 aliphatic carbocycles. The Morgan fingerprint density at radius 2 is 1.50 bits per heavy atom. The van der Waals surface area contributed by atoms with E-state index in [0.717, 1.165) is 19.1 Å². The lowest BCUT2D eigenvalue weighted by molar-refractivity contribution is -0.139. The maximum atomic E-state index is 11.7. The van der Waals surface area contributed by atoms with Crippen molar-refractivity contribution in [2.24, 2.45) is 0 Å². The fourth-order valence-electron chi connectivity index (χ4n) is 1.99. The first-order valence-corrected chi connectivity index (χ1v) is 6.87.